The monoisotopic (exact) mass is 1240 g/mol. The molecule has 0 fully saturated rings. The Balaban J connectivity index is 1.30. The van der Waals surface area contributed by atoms with Crippen molar-refractivity contribution in [2.24, 2.45) is 0 Å². The van der Waals surface area contributed by atoms with Crippen LogP contribution in [0, 0.1) is 22.7 Å². The van der Waals surface area contributed by atoms with E-state index in [9.17, 15) is 32.5 Å². The molecule has 17 aromatic rings. The van der Waals surface area contributed by atoms with Gasteiger partial charge in [-0.15, -0.1) is 22.7 Å². The molecule has 0 aliphatic rings. The second-order valence-corrected chi connectivity index (χ2v) is 30.4. The Kier molecular flexibility index (Phi) is 8.69. The van der Waals surface area contributed by atoms with Gasteiger partial charge in [-0.25, -0.2) is 0 Å². The van der Waals surface area contributed by atoms with Crippen LogP contribution in [0.2, 0.25) is 0 Å². The molecular weight excluding hydrogens is 1160 g/mol. The molecule has 6 heterocycles. The standard InChI is InChI=1S/C84H68N6S2/c1-81(2,3)47-37-39-67-55(41-47)57-43-61(83(7,8)9)71-53-29-17-23-35-69(53)91-79(71)77(57)89(67)75-59(45-85)74(88-65-33-21-15-27-51(65)52-28-16-22-34-66(52)88)76(60(46-86)73(75)87-63-31-19-13-25-49(63)50-26-14-20-32-64(50)87)90-68-40-38-48(82(4,5)6)42-56(68)58-44-62(84(10,11)12)72-54-30-18-24-36-70(54)92-80(72)78(58)90/h13-44H,1-12H3/i13D,14D,15D,16D,19D,20D,21D,22D,25D,26D,27D,28D,31D,32D,33D,34D. The van der Waals surface area contributed by atoms with Gasteiger partial charge in [-0.2, -0.15) is 10.5 Å². The van der Waals surface area contributed by atoms with Gasteiger partial charge in [-0.3, -0.25) is 0 Å². The third kappa shape index (κ3) is 7.75. The molecule has 92 heavy (non-hydrogen) atoms. The number of thiophene rings is 2. The molecule has 0 amide bonds. The summed E-state index contributed by atoms with van der Waals surface area (Å²) in [7, 11) is 0. The molecule has 0 saturated carbocycles. The fourth-order valence-electron chi connectivity index (χ4n) is 14.4. The summed E-state index contributed by atoms with van der Waals surface area (Å²) in [5, 5.41) is 32.2. The van der Waals surface area contributed by atoms with Crippen molar-refractivity contribution in [2.45, 2.75) is 105 Å². The van der Waals surface area contributed by atoms with Crippen LogP contribution in [0.15, 0.2) is 194 Å². The molecule has 17 rings (SSSR count). The summed E-state index contributed by atoms with van der Waals surface area (Å²) in [5.41, 5.74) is 0.00913. The lowest BCUT2D eigenvalue weighted by atomic mass is 9.82. The lowest BCUT2D eigenvalue weighted by Gasteiger charge is -2.27. The molecule has 0 aliphatic carbocycles. The number of hydrogen-bond acceptors (Lipinski definition) is 4. The zero-order valence-electron chi connectivity index (χ0n) is 68.7. The lowest BCUT2D eigenvalue weighted by molar-refractivity contribution is 0.591. The highest BCUT2D eigenvalue weighted by Gasteiger charge is 2.38. The molecule has 0 aliphatic heterocycles. The number of fused-ring (bicyclic) bond motifs is 20. The number of aromatic nitrogens is 4. The fourth-order valence-corrected chi connectivity index (χ4v) is 16.9. The Morgan fingerprint density at radius 2 is 0.663 bits per heavy atom. The minimum absolute atomic E-state index is 0.216. The molecule has 0 unspecified atom stereocenters. The van der Waals surface area contributed by atoms with Crippen molar-refractivity contribution in [2.75, 3.05) is 0 Å². The molecule has 0 N–H and O–H groups in total. The highest BCUT2D eigenvalue weighted by Crippen LogP contribution is 2.55. The first-order valence-corrected chi connectivity index (χ1v) is 32.4. The molecule has 8 heteroatoms. The topological polar surface area (TPSA) is 67.3 Å². The van der Waals surface area contributed by atoms with E-state index in [0.29, 0.717) is 53.0 Å². The van der Waals surface area contributed by atoms with E-state index in [-0.39, 0.29) is 66.4 Å². The van der Waals surface area contributed by atoms with Gasteiger partial charge in [0.2, 0.25) is 0 Å². The number of para-hydroxylation sites is 4. The second kappa shape index (κ2) is 19.3. The van der Waals surface area contributed by atoms with E-state index in [4.69, 9.17) is 0 Å². The summed E-state index contributed by atoms with van der Waals surface area (Å²) in [6.45, 7) is 25.3. The van der Waals surface area contributed by atoms with Crippen LogP contribution in [0.25, 0.3) is 150 Å². The Hall–Kier alpha value is -9.96. The Bertz CT molecular complexity index is 6620. The lowest BCUT2D eigenvalue weighted by Crippen LogP contribution is -2.17. The summed E-state index contributed by atoms with van der Waals surface area (Å²) in [4.78, 5) is 0. The third-order valence-electron chi connectivity index (χ3n) is 18.7. The highest BCUT2D eigenvalue weighted by atomic mass is 32.1. The van der Waals surface area contributed by atoms with E-state index in [1.54, 1.807) is 0 Å². The molecule has 0 radical (unpaired) electrons. The molecule has 11 aromatic carbocycles. The van der Waals surface area contributed by atoms with E-state index in [1.165, 1.54) is 31.8 Å². The van der Waals surface area contributed by atoms with Gasteiger partial charge >= 0.3 is 0 Å². The summed E-state index contributed by atoms with van der Waals surface area (Å²) >= 11 is 2.96. The van der Waals surface area contributed by atoms with Gasteiger partial charge in [0.15, 0.2) is 0 Å². The average Bonchev–Trinajstić information content (AvgIpc) is 1.50. The quantitative estimate of drug-likeness (QED) is 0.176. The molecular formula is C84H68N6S2. The second-order valence-electron chi connectivity index (χ2n) is 28.3. The maximum absolute atomic E-state index is 13.7. The molecule has 6 nitrogen and oxygen atoms in total. The van der Waals surface area contributed by atoms with E-state index in [0.717, 1.165) is 53.2 Å². The minimum atomic E-state index is -0.759. The van der Waals surface area contributed by atoms with Gasteiger partial charge in [0.25, 0.3) is 0 Å². The van der Waals surface area contributed by atoms with E-state index < -0.39 is 129 Å². The summed E-state index contributed by atoms with van der Waals surface area (Å²) in [6.07, 6.45) is 0. The van der Waals surface area contributed by atoms with Crippen molar-refractivity contribution >= 4 is 150 Å². The van der Waals surface area contributed by atoms with Crippen molar-refractivity contribution in [1.29, 1.82) is 10.5 Å². The zero-order chi connectivity index (χ0) is 77.3. The molecule has 446 valence electrons. The number of benzene rings is 11. The number of nitrogens with zero attached hydrogens (tertiary/aromatic N) is 6. The van der Waals surface area contributed by atoms with Crippen molar-refractivity contribution in [3.63, 3.8) is 0 Å². The predicted molar refractivity (Wildman–Crippen MR) is 394 cm³/mol. The van der Waals surface area contributed by atoms with Gasteiger partial charge < -0.3 is 18.3 Å². The minimum Gasteiger partial charge on any atom is -0.306 e. The maximum atomic E-state index is 13.7. The molecule has 6 aromatic heterocycles. The zero-order valence-corrected chi connectivity index (χ0v) is 54.4. The molecule has 0 atom stereocenters. The van der Waals surface area contributed by atoms with Gasteiger partial charge in [0.1, 0.15) is 23.3 Å². The Morgan fingerprint density at radius 3 is 0.989 bits per heavy atom. The first kappa shape index (κ1) is 41.4. The van der Waals surface area contributed by atoms with Crippen LogP contribution in [0.4, 0.5) is 0 Å². The summed E-state index contributed by atoms with van der Waals surface area (Å²) in [6, 6.07) is 26.1. The van der Waals surface area contributed by atoms with E-state index in [2.05, 4.69) is 119 Å². The Labute approximate surface area is 565 Å². The van der Waals surface area contributed by atoms with Gasteiger partial charge in [0, 0.05) is 74.0 Å². The maximum Gasteiger partial charge on any atom is 0.104 e. The van der Waals surface area contributed by atoms with Crippen LogP contribution in [0.3, 0.4) is 0 Å². The van der Waals surface area contributed by atoms with Gasteiger partial charge in [-0.1, -0.05) is 204 Å². The van der Waals surface area contributed by atoms with Crippen molar-refractivity contribution < 1.29 is 21.9 Å². The van der Waals surface area contributed by atoms with Crippen LogP contribution < -0.4 is 0 Å². The summed E-state index contributed by atoms with van der Waals surface area (Å²) < 4.78 is 166. The smallest absolute Gasteiger partial charge is 0.104 e. The van der Waals surface area contributed by atoms with Gasteiger partial charge in [-0.05, 0) is 117 Å². The first-order chi connectivity index (χ1) is 50.8. The van der Waals surface area contributed by atoms with Crippen molar-refractivity contribution in [3.05, 3.63) is 227 Å². The van der Waals surface area contributed by atoms with Crippen LogP contribution >= 0.6 is 22.7 Å². The molecule has 0 bridgehead atoms. The van der Waals surface area contributed by atoms with Crippen molar-refractivity contribution in [3.8, 4) is 34.9 Å². The largest absolute Gasteiger partial charge is 0.306 e. The highest BCUT2D eigenvalue weighted by molar-refractivity contribution is 7.27. The van der Waals surface area contributed by atoms with Crippen LogP contribution in [-0.2, 0) is 21.7 Å². The third-order valence-corrected chi connectivity index (χ3v) is 21.0. The van der Waals surface area contributed by atoms with Crippen LogP contribution in [0.5, 0.6) is 0 Å². The van der Waals surface area contributed by atoms with Crippen LogP contribution in [0.1, 0.15) is 138 Å². The number of rotatable bonds is 4. The van der Waals surface area contributed by atoms with E-state index >= 15 is 0 Å². The van der Waals surface area contributed by atoms with E-state index in [1.807, 2.05) is 81.9 Å². The average molecular weight is 1240 g/mol. The fraction of sp³-hybridized carbons (Fsp3) is 0.190. The molecule has 0 spiro atoms. The number of nitriles is 2. The number of hydrogen-bond donors (Lipinski definition) is 0. The SMILES string of the molecule is [2H]c1c([2H])c([2H])c2c(c1[2H])c1c([2H])c([2H])c([2H])c([2H])c1n2-c1c(C#N)c(-n2c3ccc(C(C)(C)C)cc3c3cc(C(C)(C)C)c4c5ccccc5sc4c32)c(-n2c3c([2H])c([2H])c([2H])c([2H])c3c3c([2H])c([2H])c([2H])c([2H])c32)c(C#N)c1-n1c2ccc(C(C)(C)C)cc2c2cc(C(C)(C)C)c3c4ccccc4sc3c21. The Morgan fingerprint density at radius 1 is 0.337 bits per heavy atom. The van der Waals surface area contributed by atoms with Crippen LogP contribution in [-0.4, -0.2) is 18.3 Å². The van der Waals surface area contributed by atoms with Crippen molar-refractivity contribution in [1.82, 2.24) is 18.3 Å². The predicted octanol–water partition coefficient (Wildman–Crippen LogP) is 23.7. The van der Waals surface area contributed by atoms with Gasteiger partial charge in [0.05, 0.1) is 98.2 Å². The normalized spacial score (nSPS) is 15.4. The summed E-state index contributed by atoms with van der Waals surface area (Å²) in [5.74, 6) is 0. The first-order valence-electron chi connectivity index (χ1n) is 38.7. The molecule has 0 saturated heterocycles.